The van der Waals surface area contributed by atoms with E-state index in [4.69, 9.17) is 5.21 Å². The molecule has 1 heterocycles. The molecule has 0 aliphatic rings. The average molecular weight is 167 g/mol. The van der Waals surface area contributed by atoms with E-state index in [0.717, 1.165) is 0 Å². The number of rotatable bonds is 1. The average Bonchev–Trinajstić information content (AvgIpc) is 2.08. The van der Waals surface area contributed by atoms with Gasteiger partial charge in [0.1, 0.15) is 0 Å². The number of hydrogen-bond acceptors (Lipinski definition) is 4. The van der Waals surface area contributed by atoms with Crippen LogP contribution in [0.4, 0.5) is 0 Å². The van der Waals surface area contributed by atoms with Crippen molar-refractivity contribution in [3.8, 4) is 0 Å². The number of nitrogens with zero attached hydrogens (tertiary/aromatic N) is 3. The lowest BCUT2D eigenvalue weighted by molar-refractivity contribution is 0.319. The number of oxime groups is 1. The summed E-state index contributed by atoms with van der Waals surface area (Å²) in [6, 6.07) is 1.51. The van der Waals surface area contributed by atoms with Gasteiger partial charge < -0.3 is 5.21 Å². The van der Waals surface area contributed by atoms with E-state index in [1.807, 2.05) is 0 Å². The van der Waals surface area contributed by atoms with Crippen LogP contribution in [-0.4, -0.2) is 20.7 Å². The Labute approximate surface area is 68.9 Å². The van der Waals surface area contributed by atoms with Crippen LogP contribution < -0.4 is 5.56 Å². The SMILES string of the molecule is C/C(=N/O)c1ccnn(C)c1=O. The van der Waals surface area contributed by atoms with Gasteiger partial charge in [0.25, 0.3) is 5.56 Å². The molecule has 5 nitrogen and oxygen atoms in total. The third kappa shape index (κ3) is 1.34. The highest BCUT2D eigenvalue weighted by Crippen LogP contribution is 1.90. The summed E-state index contributed by atoms with van der Waals surface area (Å²) in [7, 11) is 1.54. The Morgan fingerprint density at radius 3 is 3.00 bits per heavy atom. The predicted molar refractivity (Wildman–Crippen MR) is 43.5 cm³/mol. The number of aromatic nitrogens is 2. The van der Waals surface area contributed by atoms with Crippen molar-refractivity contribution < 1.29 is 5.21 Å². The zero-order chi connectivity index (χ0) is 9.14. The highest BCUT2D eigenvalue weighted by Gasteiger charge is 2.04. The molecule has 0 amide bonds. The quantitative estimate of drug-likeness (QED) is 0.363. The standard InChI is InChI=1S/C7H9N3O2/c1-5(9-12)6-3-4-8-10(2)7(6)11/h3-4,12H,1-2H3/b9-5-. The Hall–Kier alpha value is -1.65. The highest BCUT2D eigenvalue weighted by atomic mass is 16.4. The van der Waals surface area contributed by atoms with Gasteiger partial charge in [-0.3, -0.25) is 4.79 Å². The van der Waals surface area contributed by atoms with Crippen molar-refractivity contribution in [1.29, 1.82) is 0 Å². The summed E-state index contributed by atoms with van der Waals surface area (Å²) in [5.41, 5.74) is 0.376. The second-order valence-electron chi connectivity index (χ2n) is 2.36. The first-order chi connectivity index (χ1) is 5.66. The van der Waals surface area contributed by atoms with E-state index in [0.29, 0.717) is 5.56 Å². The fourth-order valence-electron chi connectivity index (χ4n) is 0.835. The van der Waals surface area contributed by atoms with Crippen molar-refractivity contribution in [3.63, 3.8) is 0 Å². The van der Waals surface area contributed by atoms with Crippen molar-refractivity contribution in [2.75, 3.05) is 0 Å². The molecule has 0 fully saturated rings. The molecule has 1 aromatic heterocycles. The van der Waals surface area contributed by atoms with Crippen LogP contribution in [0, 0.1) is 0 Å². The minimum absolute atomic E-state index is 0.271. The first-order valence-corrected chi connectivity index (χ1v) is 3.38. The summed E-state index contributed by atoms with van der Waals surface area (Å²) < 4.78 is 1.18. The predicted octanol–water partition coefficient (Wildman–Crippen LogP) is -0.0215. The zero-order valence-corrected chi connectivity index (χ0v) is 6.85. The Kier molecular flexibility index (Phi) is 2.23. The van der Waals surface area contributed by atoms with E-state index < -0.39 is 0 Å². The van der Waals surface area contributed by atoms with Crippen LogP contribution in [0.5, 0.6) is 0 Å². The van der Waals surface area contributed by atoms with Gasteiger partial charge in [-0.2, -0.15) is 5.10 Å². The Bertz CT molecular complexity index is 367. The Morgan fingerprint density at radius 2 is 2.42 bits per heavy atom. The van der Waals surface area contributed by atoms with Crippen LogP contribution in [0.25, 0.3) is 0 Å². The maximum Gasteiger partial charge on any atom is 0.275 e. The lowest BCUT2D eigenvalue weighted by atomic mass is 10.2. The normalized spacial score (nSPS) is 11.7. The summed E-state index contributed by atoms with van der Waals surface area (Å²) in [4.78, 5) is 11.3. The van der Waals surface area contributed by atoms with Gasteiger partial charge in [-0.15, -0.1) is 0 Å². The fourth-order valence-corrected chi connectivity index (χ4v) is 0.835. The van der Waals surface area contributed by atoms with Gasteiger partial charge in [0.15, 0.2) is 0 Å². The number of aryl methyl sites for hydroxylation is 1. The smallest absolute Gasteiger partial charge is 0.275 e. The Balaban J connectivity index is 3.36. The van der Waals surface area contributed by atoms with Crippen molar-refractivity contribution in [2.24, 2.45) is 12.2 Å². The lowest BCUT2D eigenvalue weighted by Crippen LogP contribution is -2.24. The molecule has 1 rings (SSSR count). The monoisotopic (exact) mass is 167 g/mol. The molecule has 0 atom stereocenters. The molecule has 5 heteroatoms. The first-order valence-electron chi connectivity index (χ1n) is 3.38. The molecule has 0 spiro atoms. The zero-order valence-electron chi connectivity index (χ0n) is 6.85. The number of hydrogen-bond donors (Lipinski definition) is 1. The largest absolute Gasteiger partial charge is 0.411 e. The van der Waals surface area contributed by atoms with Crippen molar-refractivity contribution in [2.45, 2.75) is 6.92 Å². The molecule has 64 valence electrons. The van der Waals surface area contributed by atoms with Crippen LogP contribution in [-0.2, 0) is 7.05 Å². The van der Waals surface area contributed by atoms with E-state index in [9.17, 15) is 4.79 Å². The maximum absolute atomic E-state index is 11.3. The van der Waals surface area contributed by atoms with Gasteiger partial charge in [-0.1, -0.05) is 5.16 Å². The van der Waals surface area contributed by atoms with Crippen molar-refractivity contribution >= 4 is 5.71 Å². The van der Waals surface area contributed by atoms with E-state index in [2.05, 4.69) is 10.3 Å². The van der Waals surface area contributed by atoms with Gasteiger partial charge in [0, 0.05) is 13.2 Å². The molecule has 0 saturated heterocycles. The summed E-state index contributed by atoms with van der Waals surface area (Å²) >= 11 is 0. The van der Waals surface area contributed by atoms with Crippen LogP contribution in [0.2, 0.25) is 0 Å². The molecular weight excluding hydrogens is 158 g/mol. The van der Waals surface area contributed by atoms with E-state index in [1.165, 1.54) is 24.0 Å². The maximum atomic E-state index is 11.3. The van der Waals surface area contributed by atoms with Crippen LogP contribution >= 0.6 is 0 Å². The lowest BCUT2D eigenvalue weighted by Gasteiger charge is -1.98. The summed E-state index contributed by atoms with van der Waals surface area (Å²) in [5.74, 6) is 0. The van der Waals surface area contributed by atoms with Crippen LogP contribution in [0.15, 0.2) is 22.2 Å². The molecule has 0 aromatic carbocycles. The summed E-state index contributed by atoms with van der Waals surface area (Å²) in [6.07, 6.45) is 1.48. The fraction of sp³-hybridized carbons (Fsp3) is 0.286. The molecule has 0 aliphatic carbocycles. The molecular formula is C7H9N3O2. The molecule has 1 N–H and O–H groups in total. The van der Waals surface area contributed by atoms with E-state index in [-0.39, 0.29) is 11.3 Å². The summed E-state index contributed by atoms with van der Waals surface area (Å²) in [5, 5.41) is 15.1. The molecule has 1 aromatic rings. The topological polar surface area (TPSA) is 67.5 Å². The van der Waals surface area contributed by atoms with Gasteiger partial charge in [0.2, 0.25) is 0 Å². The third-order valence-corrected chi connectivity index (χ3v) is 1.55. The van der Waals surface area contributed by atoms with E-state index in [1.54, 1.807) is 6.92 Å². The molecule has 0 radical (unpaired) electrons. The van der Waals surface area contributed by atoms with Gasteiger partial charge in [-0.25, -0.2) is 4.68 Å². The minimum Gasteiger partial charge on any atom is -0.411 e. The van der Waals surface area contributed by atoms with Gasteiger partial charge >= 0.3 is 0 Å². The Morgan fingerprint density at radius 1 is 1.75 bits per heavy atom. The van der Waals surface area contributed by atoms with Gasteiger partial charge in [0.05, 0.1) is 11.3 Å². The summed E-state index contributed by atoms with van der Waals surface area (Å²) in [6.45, 7) is 1.55. The van der Waals surface area contributed by atoms with Crippen LogP contribution in [0.3, 0.4) is 0 Å². The van der Waals surface area contributed by atoms with Gasteiger partial charge in [-0.05, 0) is 13.0 Å². The van der Waals surface area contributed by atoms with E-state index >= 15 is 0 Å². The second-order valence-corrected chi connectivity index (χ2v) is 2.36. The molecule has 0 aliphatic heterocycles. The molecule has 0 saturated carbocycles. The third-order valence-electron chi connectivity index (χ3n) is 1.55. The highest BCUT2D eigenvalue weighted by molar-refractivity contribution is 5.97. The molecule has 12 heavy (non-hydrogen) atoms. The minimum atomic E-state index is -0.271. The second kappa shape index (κ2) is 3.17. The molecule has 0 unspecified atom stereocenters. The van der Waals surface area contributed by atoms with Crippen molar-refractivity contribution in [3.05, 3.63) is 28.2 Å². The van der Waals surface area contributed by atoms with Crippen LogP contribution in [0.1, 0.15) is 12.5 Å². The molecule has 0 bridgehead atoms. The first kappa shape index (κ1) is 8.45. The van der Waals surface area contributed by atoms with Crippen molar-refractivity contribution in [1.82, 2.24) is 9.78 Å².